The van der Waals surface area contributed by atoms with Crippen LogP contribution in [-0.4, -0.2) is 15.9 Å². The first kappa shape index (κ1) is 10.7. The lowest BCUT2D eigenvalue weighted by atomic mass is 9.97. The summed E-state index contributed by atoms with van der Waals surface area (Å²) in [5.74, 6) is 0.254. The van der Waals surface area contributed by atoms with Gasteiger partial charge in [-0.3, -0.25) is 0 Å². The van der Waals surface area contributed by atoms with E-state index in [1.54, 1.807) is 0 Å². The molecule has 3 heteroatoms. The van der Waals surface area contributed by atoms with Gasteiger partial charge in [0.05, 0.1) is 5.71 Å². The van der Waals surface area contributed by atoms with E-state index in [2.05, 4.69) is 29.2 Å². The molecular weight excluding hydrogens is 200 g/mol. The number of fused-ring (bicyclic) bond motifs is 1. The van der Waals surface area contributed by atoms with Gasteiger partial charge in [0.1, 0.15) is 0 Å². The lowest BCUT2D eigenvalue weighted by molar-refractivity contribution is 0.315. The third-order valence-electron chi connectivity index (χ3n) is 3.07. The van der Waals surface area contributed by atoms with E-state index in [-0.39, 0.29) is 5.92 Å². The van der Waals surface area contributed by atoms with E-state index in [4.69, 9.17) is 5.21 Å². The average molecular weight is 216 g/mol. The van der Waals surface area contributed by atoms with Gasteiger partial charge in [0.15, 0.2) is 0 Å². The van der Waals surface area contributed by atoms with Gasteiger partial charge in [0, 0.05) is 23.0 Å². The molecular formula is C13H16N2O. The van der Waals surface area contributed by atoms with Gasteiger partial charge in [-0.25, -0.2) is 0 Å². The Labute approximate surface area is 94.8 Å². The average Bonchev–Trinajstić information content (AvgIpc) is 2.72. The lowest BCUT2D eigenvalue weighted by Gasteiger charge is -2.08. The maximum atomic E-state index is 8.73. The fourth-order valence-electron chi connectivity index (χ4n) is 1.88. The van der Waals surface area contributed by atoms with Crippen LogP contribution in [0.25, 0.3) is 10.9 Å². The summed E-state index contributed by atoms with van der Waals surface area (Å²) in [5, 5.41) is 13.2. The van der Waals surface area contributed by atoms with E-state index in [0.717, 1.165) is 17.6 Å². The van der Waals surface area contributed by atoms with Crippen molar-refractivity contribution in [2.24, 2.45) is 11.1 Å². The van der Waals surface area contributed by atoms with Crippen LogP contribution in [0.2, 0.25) is 0 Å². The van der Waals surface area contributed by atoms with Crippen molar-refractivity contribution in [1.82, 2.24) is 4.98 Å². The fourth-order valence-corrected chi connectivity index (χ4v) is 1.88. The first-order valence-corrected chi connectivity index (χ1v) is 5.46. The van der Waals surface area contributed by atoms with Crippen LogP contribution in [0.4, 0.5) is 0 Å². The lowest BCUT2D eigenvalue weighted by Crippen LogP contribution is -2.09. The molecule has 0 aliphatic rings. The van der Waals surface area contributed by atoms with E-state index in [0.29, 0.717) is 0 Å². The molecule has 0 spiro atoms. The number of oxime groups is 1. The highest BCUT2D eigenvalue weighted by atomic mass is 16.4. The molecule has 0 radical (unpaired) electrons. The highest BCUT2D eigenvalue weighted by Crippen LogP contribution is 2.21. The predicted molar refractivity (Wildman–Crippen MR) is 66.1 cm³/mol. The van der Waals surface area contributed by atoms with Gasteiger partial charge in [0.25, 0.3) is 0 Å². The molecule has 2 rings (SSSR count). The fraction of sp³-hybridized carbons (Fsp3) is 0.308. The SMILES string of the molecule is C/C(=N\O)C(C)Cc1c[nH]c2ccccc12. The number of hydrogen-bond acceptors (Lipinski definition) is 2. The van der Waals surface area contributed by atoms with Gasteiger partial charge in [0.2, 0.25) is 0 Å². The van der Waals surface area contributed by atoms with Crippen LogP contribution in [-0.2, 0) is 6.42 Å². The standard InChI is InChI=1S/C13H16N2O/c1-9(10(2)15-16)7-11-8-14-13-6-4-3-5-12(11)13/h3-6,8-9,14,16H,7H2,1-2H3/b15-10+. The van der Waals surface area contributed by atoms with Crippen molar-refractivity contribution in [1.29, 1.82) is 0 Å². The molecule has 0 saturated heterocycles. The zero-order valence-corrected chi connectivity index (χ0v) is 9.57. The van der Waals surface area contributed by atoms with Gasteiger partial charge in [-0.2, -0.15) is 0 Å². The van der Waals surface area contributed by atoms with E-state index in [9.17, 15) is 0 Å². The minimum Gasteiger partial charge on any atom is -0.411 e. The number of benzene rings is 1. The van der Waals surface area contributed by atoms with E-state index < -0.39 is 0 Å². The first-order chi connectivity index (χ1) is 7.72. The third-order valence-corrected chi connectivity index (χ3v) is 3.07. The quantitative estimate of drug-likeness (QED) is 0.462. The summed E-state index contributed by atoms with van der Waals surface area (Å²) in [6, 6.07) is 8.24. The number of nitrogens with one attached hydrogen (secondary N) is 1. The van der Waals surface area contributed by atoms with Crippen molar-refractivity contribution in [3.63, 3.8) is 0 Å². The molecule has 3 nitrogen and oxygen atoms in total. The molecule has 0 aliphatic heterocycles. The minimum absolute atomic E-state index is 0.254. The monoisotopic (exact) mass is 216 g/mol. The highest BCUT2D eigenvalue weighted by molar-refractivity contribution is 5.86. The summed E-state index contributed by atoms with van der Waals surface area (Å²) in [6.07, 6.45) is 2.92. The number of H-pyrrole nitrogens is 1. The predicted octanol–water partition coefficient (Wildman–Crippen LogP) is 3.20. The molecule has 1 aromatic heterocycles. The van der Waals surface area contributed by atoms with E-state index >= 15 is 0 Å². The Balaban J connectivity index is 2.28. The van der Waals surface area contributed by atoms with Crippen molar-refractivity contribution in [3.05, 3.63) is 36.0 Å². The Morgan fingerprint density at radius 1 is 1.44 bits per heavy atom. The van der Waals surface area contributed by atoms with E-state index in [1.165, 1.54) is 10.9 Å². The number of para-hydroxylation sites is 1. The number of hydrogen-bond donors (Lipinski definition) is 2. The van der Waals surface area contributed by atoms with Crippen LogP contribution in [0, 0.1) is 5.92 Å². The smallest absolute Gasteiger partial charge is 0.0571 e. The van der Waals surface area contributed by atoms with Crippen molar-refractivity contribution in [2.75, 3.05) is 0 Å². The zero-order valence-electron chi connectivity index (χ0n) is 9.57. The van der Waals surface area contributed by atoms with Gasteiger partial charge in [-0.05, 0) is 25.0 Å². The zero-order chi connectivity index (χ0) is 11.5. The summed E-state index contributed by atoms with van der Waals surface area (Å²) < 4.78 is 0. The summed E-state index contributed by atoms with van der Waals surface area (Å²) in [5.41, 5.74) is 3.19. The van der Waals surface area contributed by atoms with Crippen molar-refractivity contribution >= 4 is 16.6 Å². The van der Waals surface area contributed by atoms with E-state index in [1.807, 2.05) is 25.3 Å². The van der Waals surface area contributed by atoms with Crippen molar-refractivity contribution in [2.45, 2.75) is 20.3 Å². The molecule has 0 bridgehead atoms. The number of nitrogens with zero attached hydrogens (tertiary/aromatic N) is 1. The second-order valence-corrected chi connectivity index (χ2v) is 4.21. The summed E-state index contributed by atoms with van der Waals surface area (Å²) in [7, 11) is 0. The summed E-state index contributed by atoms with van der Waals surface area (Å²) in [4.78, 5) is 3.25. The molecule has 1 unspecified atom stereocenters. The molecule has 2 N–H and O–H groups in total. The second kappa shape index (κ2) is 4.39. The Morgan fingerprint density at radius 2 is 2.19 bits per heavy atom. The van der Waals surface area contributed by atoms with Crippen molar-refractivity contribution < 1.29 is 5.21 Å². The molecule has 1 atom stereocenters. The maximum absolute atomic E-state index is 8.73. The molecule has 84 valence electrons. The van der Waals surface area contributed by atoms with Crippen molar-refractivity contribution in [3.8, 4) is 0 Å². The Morgan fingerprint density at radius 3 is 2.94 bits per heavy atom. The van der Waals surface area contributed by atoms with Gasteiger partial charge >= 0.3 is 0 Å². The number of aromatic amines is 1. The Bertz CT molecular complexity index is 513. The van der Waals surface area contributed by atoms with Gasteiger partial charge in [-0.15, -0.1) is 0 Å². The van der Waals surface area contributed by atoms with Gasteiger partial charge < -0.3 is 10.2 Å². The summed E-state index contributed by atoms with van der Waals surface area (Å²) in [6.45, 7) is 3.91. The summed E-state index contributed by atoms with van der Waals surface area (Å²) >= 11 is 0. The highest BCUT2D eigenvalue weighted by Gasteiger charge is 2.10. The van der Waals surface area contributed by atoms with Crippen LogP contribution in [0.3, 0.4) is 0 Å². The molecule has 0 amide bonds. The number of aromatic nitrogens is 1. The molecule has 0 saturated carbocycles. The van der Waals surface area contributed by atoms with Crippen LogP contribution >= 0.6 is 0 Å². The molecule has 0 fully saturated rings. The first-order valence-electron chi connectivity index (χ1n) is 5.46. The van der Waals surface area contributed by atoms with Crippen LogP contribution < -0.4 is 0 Å². The topological polar surface area (TPSA) is 48.4 Å². The number of rotatable bonds is 3. The normalized spacial score (nSPS) is 14.2. The van der Waals surface area contributed by atoms with Crippen LogP contribution in [0.5, 0.6) is 0 Å². The second-order valence-electron chi connectivity index (χ2n) is 4.21. The Kier molecular flexibility index (Phi) is 2.95. The molecule has 0 aliphatic carbocycles. The molecule has 1 aromatic carbocycles. The van der Waals surface area contributed by atoms with Crippen LogP contribution in [0.15, 0.2) is 35.6 Å². The van der Waals surface area contributed by atoms with Gasteiger partial charge in [-0.1, -0.05) is 30.3 Å². The minimum atomic E-state index is 0.254. The molecule has 2 aromatic rings. The molecule has 16 heavy (non-hydrogen) atoms. The maximum Gasteiger partial charge on any atom is 0.0571 e. The Hall–Kier alpha value is -1.77. The largest absolute Gasteiger partial charge is 0.411 e. The van der Waals surface area contributed by atoms with Crippen LogP contribution in [0.1, 0.15) is 19.4 Å². The molecule has 1 heterocycles. The third kappa shape index (κ3) is 1.94.